The van der Waals surface area contributed by atoms with Crippen molar-refractivity contribution in [3.05, 3.63) is 0 Å². The Morgan fingerprint density at radius 1 is 1.47 bits per heavy atom. The van der Waals surface area contributed by atoms with E-state index >= 15 is 0 Å². The summed E-state index contributed by atoms with van der Waals surface area (Å²) in [5, 5.41) is 0. The smallest absolute Gasteiger partial charge is 0.324 e. The SMILES string of the molecule is COC(=O)C1CCCN1S(=O)(=O)CCC(C)C. The van der Waals surface area contributed by atoms with Gasteiger partial charge in [-0.15, -0.1) is 0 Å². The standard InChI is InChI=1S/C11H21NO4S/c1-9(2)6-8-17(14,15)12-7-4-5-10(12)11(13)16-3/h9-10H,4-8H2,1-3H3. The zero-order valence-electron chi connectivity index (χ0n) is 10.7. The Morgan fingerprint density at radius 3 is 2.65 bits per heavy atom. The molecule has 6 heteroatoms. The first-order valence-corrected chi connectivity index (χ1v) is 7.56. The van der Waals surface area contributed by atoms with Gasteiger partial charge in [0, 0.05) is 6.54 Å². The molecule has 1 heterocycles. The highest BCUT2D eigenvalue weighted by atomic mass is 32.2. The molecule has 5 nitrogen and oxygen atoms in total. The summed E-state index contributed by atoms with van der Waals surface area (Å²) < 4.78 is 30.1. The van der Waals surface area contributed by atoms with Gasteiger partial charge in [-0.05, 0) is 25.2 Å². The zero-order chi connectivity index (χ0) is 13.1. The Bertz CT molecular complexity index is 364. The van der Waals surface area contributed by atoms with Gasteiger partial charge in [0.1, 0.15) is 6.04 Å². The average Bonchev–Trinajstić information content (AvgIpc) is 2.75. The molecule has 17 heavy (non-hydrogen) atoms. The van der Waals surface area contributed by atoms with Crippen LogP contribution in [0.4, 0.5) is 0 Å². The van der Waals surface area contributed by atoms with Crippen molar-refractivity contribution in [2.75, 3.05) is 19.4 Å². The number of rotatable bonds is 5. The van der Waals surface area contributed by atoms with Gasteiger partial charge in [-0.25, -0.2) is 8.42 Å². The van der Waals surface area contributed by atoms with Crippen molar-refractivity contribution in [2.45, 2.75) is 39.2 Å². The Hall–Kier alpha value is -0.620. The van der Waals surface area contributed by atoms with Crippen LogP contribution in [0.3, 0.4) is 0 Å². The summed E-state index contributed by atoms with van der Waals surface area (Å²) in [5.74, 6) is -0.00222. The molecular weight excluding hydrogens is 242 g/mol. The van der Waals surface area contributed by atoms with Crippen LogP contribution in [-0.2, 0) is 19.6 Å². The minimum Gasteiger partial charge on any atom is -0.468 e. The fourth-order valence-electron chi connectivity index (χ4n) is 1.95. The lowest BCUT2D eigenvalue weighted by Crippen LogP contribution is -2.42. The Balaban J connectivity index is 2.73. The monoisotopic (exact) mass is 263 g/mol. The van der Waals surface area contributed by atoms with Crippen LogP contribution in [0, 0.1) is 5.92 Å². The molecule has 1 aliphatic heterocycles. The van der Waals surface area contributed by atoms with E-state index in [9.17, 15) is 13.2 Å². The summed E-state index contributed by atoms with van der Waals surface area (Å²) in [6.07, 6.45) is 1.90. The van der Waals surface area contributed by atoms with Crippen LogP contribution >= 0.6 is 0 Å². The molecule has 100 valence electrons. The Morgan fingerprint density at radius 2 is 2.12 bits per heavy atom. The van der Waals surface area contributed by atoms with Gasteiger partial charge in [0.15, 0.2) is 0 Å². The molecule has 1 aliphatic rings. The summed E-state index contributed by atoms with van der Waals surface area (Å²) in [7, 11) is -2.04. The van der Waals surface area contributed by atoms with E-state index in [2.05, 4.69) is 4.74 Å². The lowest BCUT2D eigenvalue weighted by Gasteiger charge is -2.22. The van der Waals surface area contributed by atoms with Crippen molar-refractivity contribution in [1.29, 1.82) is 0 Å². The van der Waals surface area contributed by atoms with E-state index in [1.807, 2.05) is 13.8 Å². The van der Waals surface area contributed by atoms with Crippen molar-refractivity contribution in [1.82, 2.24) is 4.31 Å². The Kier molecular flexibility index (Phi) is 4.94. The van der Waals surface area contributed by atoms with Gasteiger partial charge in [0.25, 0.3) is 0 Å². The quantitative estimate of drug-likeness (QED) is 0.694. The van der Waals surface area contributed by atoms with Crippen LogP contribution in [0.25, 0.3) is 0 Å². The molecule has 1 atom stereocenters. The minimum absolute atomic E-state index is 0.109. The highest BCUT2D eigenvalue weighted by Crippen LogP contribution is 2.23. The van der Waals surface area contributed by atoms with Gasteiger partial charge in [0.05, 0.1) is 12.9 Å². The first kappa shape index (κ1) is 14.4. The third-order valence-corrected chi connectivity index (χ3v) is 4.89. The second-order valence-electron chi connectivity index (χ2n) is 4.79. The molecule has 0 aromatic carbocycles. The van der Waals surface area contributed by atoms with E-state index in [-0.39, 0.29) is 5.75 Å². The summed E-state index contributed by atoms with van der Waals surface area (Å²) in [6.45, 7) is 4.40. The second-order valence-corrected chi connectivity index (χ2v) is 6.83. The van der Waals surface area contributed by atoms with E-state index in [1.54, 1.807) is 0 Å². The molecule has 0 aromatic heterocycles. The summed E-state index contributed by atoms with van der Waals surface area (Å²) >= 11 is 0. The van der Waals surface area contributed by atoms with E-state index in [1.165, 1.54) is 11.4 Å². The van der Waals surface area contributed by atoms with Gasteiger partial charge in [0.2, 0.25) is 10.0 Å². The number of methoxy groups -OCH3 is 1. The van der Waals surface area contributed by atoms with Crippen molar-refractivity contribution in [2.24, 2.45) is 5.92 Å². The summed E-state index contributed by atoms with van der Waals surface area (Å²) in [5.41, 5.74) is 0. The molecule has 0 bridgehead atoms. The molecule has 0 aromatic rings. The molecule has 1 fully saturated rings. The summed E-state index contributed by atoms with van der Waals surface area (Å²) in [6, 6.07) is -0.614. The normalized spacial score (nSPS) is 22.0. The maximum Gasteiger partial charge on any atom is 0.324 e. The zero-order valence-corrected chi connectivity index (χ0v) is 11.5. The van der Waals surface area contributed by atoms with Crippen molar-refractivity contribution >= 4 is 16.0 Å². The molecule has 1 saturated heterocycles. The van der Waals surface area contributed by atoms with E-state index in [0.717, 1.165) is 6.42 Å². The van der Waals surface area contributed by atoms with Crippen molar-refractivity contribution < 1.29 is 17.9 Å². The molecule has 0 N–H and O–H groups in total. The average molecular weight is 263 g/mol. The lowest BCUT2D eigenvalue weighted by atomic mass is 10.2. The van der Waals surface area contributed by atoms with Gasteiger partial charge >= 0.3 is 5.97 Å². The lowest BCUT2D eigenvalue weighted by molar-refractivity contribution is -0.144. The summed E-state index contributed by atoms with van der Waals surface area (Å²) in [4.78, 5) is 11.5. The van der Waals surface area contributed by atoms with Crippen LogP contribution in [0.1, 0.15) is 33.1 Å². The van der Waals surface area contributed by atoms with Crippen LogP contribution in [0.15, 0.2) is 0 Å². The largest absolute Gasteiger partial charge is 0.468 e. The number of carbonyl (C=O) groups is 1. The molecule has 1 unspecified atom stereocenters. The van der Waals surface area contributed by atoms with E-state index in [0.29, 0.717) is 25.3 Å². The molecular formula is C11H21NO4S. The van der Waals surface area contributed by atoms with Crippen LogP contribution < -0.4 is 0 Å². The maximum absolute atomic E-state index is 12.1. The van der Waals surface area contributed by atoms with Crippen molar-refractivity contribution in [3.8, 4) is 0 Å². The third kappa shape index (κ3) is 3.67. The van der Waals surface area contributed by atoms with Gasteiger partial charge in [-0.3, -0.25) is 4.79 Å². The fraction of sp³-hybridized carbons (Fsp3) is 0.909. The van der Waals surface area contributed by atoms with Gasteiger partial charge < -0.3 is 4.74 Å². The molecule has 0 radical (unpaired) electrons. The topological polar surface area (TPSA) is 63.7 Å². The number of hydrogen-bond donors (Lipinski definition) is 0. The maximum atomic E-state index is 12.1. The van der Waals surface area contributed by atoms with E-state index in [4.69, 9.17) is 0 Å². The first-order chi connectivity index (χ1) is 7.88. The first-order valence-electron chi connectivity index (χ1n) is 5.96. The van der Waals surface area contributed by atoms with E-state index < -0.39 is 22.0 Å². The predicted octanol–water partition coefficient (Wildman–Crippen LogP) is 1.000. The number of sulfonamides is 1. The van der Waals surface area contributed by atoms with Crippen molar-refractivity contribution in [3.63, 3.8) is 0 Å². The molecule has 0 amide bonds. The highest BCUT2D eigenvalue weighted by Gasteiger charge is 2.38. The third-order valence-electron chi connectivity index (χ3n) is 2.99. The van der Waals surface area contributed by atoms with Crippen LogP contribution in [0.5, 0.6) is 0 Å². The highest BCUT2D eigenvalue weighted by molar-refractivity contribution is 7.89. The molecule has 0 saturated carbocycles. The van der Waals surface area contributed by atoms with Gasteiger partial charge in [-0.1, -0.05) is 13.8 Å². The number of esters is 1. The number of nitrogens with zero attached hydrogens (tertiary/aromatic N) is 1. The van der Waals surface area contributed by atoms with Crippen LogP contribution in [0.2, 0.25) is 0 Å². The number of carbonyl (C=O) groups excluding carboxylic acids is 1. The minimum atomic E-state index is -3.33. The van der Waals surface area contributed by atoms with Gasteiger partial charge in [-0.2, -0.15) is 4.31 Å². The molecule has 1 rings (SSSR count). The predicted molar refractivity (Wildman–Crippen MR) is 65.0 cm³/mol. The Labute approximate surface area is 103 Å². The second kappa shape index (κ2) is 5.82. The van der Waals surface area contributed by atoms with Crippen LogP contribution in [-0.4, -0.2) is 44.1 Å². The molecule has 0 aliphatic carbocycles. The number of hydrogen-bond acceptors (Lipinski definition) is 4. The molecule has 0 spiro atoms. The fourth-order valence-corrected chi connectivity index (χ4v) is 3.94. The number of ether oxygens (including phenoxy) is 1.